The smallest absolute Gasteiger partial charge is 0.227 e. The maximum absolute atomic E-state index is 12.0. The summed E-state index contributed by atoms with van der Waals surface area (Å²) < 4.78 is 10.8. The largest absolute Gasteiger partial charge is 0.497 e. The number of hydrogen-bond acceptors (Lipinski definition) is 3. The Morgan fingerprint density at radius 1 is 1.44 bits per heavy atom. The minimum atomic E-state index is -0.0785. The molecule has 1 saturated carbocycles. The summed E-state index contributed by atoms with van der Waals surface area (Å²) in [7, 11) is 1.64. The summed E-state index contributed by atoms with van der Waals surface area (Å²) in [5.41, 5.74) is 1.05. The van der Waals surface area contributed by atoms with E-state index in [1.807, 2.05) is 18.2 Å². The Balaban J connectivity index is 1.72. The molecule has 4 nitrogen and oxygen atoms in total. The molecule has 0 bridgehead atoms. The molecular formula is C14H17NO3. The highest BCUT2D eigenvalue weighted by Crippen LogP contribution is 2.31. The molecule has 1 aromatic rings. The first kappa shape index (κ1) is 11.4. The normalized spacial score (nSPS) is 21.7. The van der Waals surface area contributed by atoms with E-state index in [1.54, 1.807) is 7.11 Å². The lowest BCUT2D eigenvalue weighted by Crippen LogP contribution is -2.38. The lowest BCUT2D eigenvalue weighted by Gasteiger charge is -2.25. The van der Waals surface area contributed by atoms with Crippen LogP contribution in [0, 0.1) is 5.92 Å². The lowest BCUT2D eigenvalue weighted by molar-refractivity contribution is -0.126. The van der Waals surface area contributed by atoms with Crippen LogP contribution in [0.25, 0.3) is 0 Å². The molecule has 0 spiro atoms. The van der Waals surface area contributed by atoms with Gasteiger partial charge in [0.1, 0.15) is 18.1 Å². The molecule has 4 heteroatoms. The minimum Gasteiger partial charge on any atom is -0.497 e. The Morgan fingerprint density at radius 3 is 3.00 bits per heavy atom. The fourth-order valence-corrected chi connectivity index (χ4v) is 2.21. The highest BCUT2D eigenvalue weighted by Gasteiger charge is 2.30. The number of carbonyl (C=O) groups excluding carboxylic acids is 1. The number of amides is 1. The Labute approximate surface area is 106 Å². The van der Waals surface area contributed by atoms with Crippen molar-refractivity contribution < 1.29 is 14.3 Å². The average Bonchev–Trinajstić information content (AvgIpc) is 3.21. The lowest BCUT2D eigenvalue weighted by atomic mass is 9.96. The number of carbonyl (C=O) groups is 1. The number of fused-ring (bicyclic) bond motifs is 1. The van der Waals surface area contributed by atoms with Gasteiger partial charge in [-0.2, -0.15) is 0 Å². The van der Waals surface area contributed by atoms with Gasteiger partial charge in [0.2, 0.25) is 5.91 Å². The van der Waals surface area contributed by atoms with Crippen LogP contribution in [0.1, 0.15) is 18.4 Å². The van der Waals surface area contributed by atoms with Gasteiger partial charge < -0.3 is 14.8 Å². The number of nitrogens with one attached hydrogen (secondary N) is 1. The number of hydrogen-bond donors (Lipinski definition) is 1. The van der Waals surface area contributed by atoms with E-state index in [4.69, 9.17) is 9.47 Å². The maximum Gasteiger partial charge on any atom is 0.227 e. The molecule has 1 heterocycles. The van der Waals surface area contributed by atoms with Gasteiger partial charge in [-0.25, -0.2) is 0 Å². The van der Waals surface area contributed by atoms with Crippen LogP contribution in [0.5, 0.6) is 11.5 Å². The summed E-state index contributed by atoms with van der Waals surface area (Å²) in [6, 6.07) is 6.14. The monoisotopic (exact) mass is 247 g/mol. The molecule has 1 N–H and O–H groups in total. The van der Waals surface area contributed by atoms with E-state index in [0.29, 0.717) is 12.6 Å². The molecule has 0 radical (unpaired) electrons. The van der Waals surface area contributed by atoms with Crippen molar-refractivity contribution >= 4 is 5.91 Å². The van der Waals surface area contributed by atoms with Gasteiger partial charge >= 0.3 is 0 Å². The minimum absolute atomic E-state index is 0.0785. The van der Waals surface area contributed by atoms with Gasteiger partial charge in [-0.15, -0.1) is 0 Å². The number of benzene rings is 1. The third-order valence-electron chi connectivity index (χ3n) is 3.47. The van der Waals surface area contributed by atoms with Crippen LogP contribution >= 0.6 is 0 Å². The molecular weight excluding hydrogens is 230 g/mol. The average molecular weight is 247 g/mol. The first-order valence-corrected chi connectivity index (χ1v) is 6.36. The van der Waals surface area contributed by atoms with Gasteiger partial charge in [0.05, 0.1) is 13.0 Å². The summed E-state index contributed by atoms with van der Waals surface area (Å²) in [5.74, 6) is 1.71. The second-order valence-electron chi connectivity index (χ2n) is 4.97. The Hall–Kier alpha value is -1.71. The summed E-state index contributed by atoms with van der Waals surface area (Å²) >= 11 is 0. The standard InChI is InChI=1S/C14H17NO3/c1-17-12-4-5-13-9(7-12)6-10(8-18-13)14(16)15-11-2-3-11/h4-5,7,10-11H,2-3,6,8H2,1H3,(H,15,16). The van der Waals surface area contributed by atoms with E-state index in [2.05, 4.69) is 5.32 Å². The molecule has 1 aliphatic carbocycles. The van der Waals surface area contributed by atoms with Crippen molar-refractivity contribution in [2.45, 2.75) is 25.3 Å². The van der Waals surface area contributed by atoms with Crippen LogP contribution in [0.4, 0.5) is 0 Å². The molecule has 1 aliphatic heterocycles. The van der Waals surface area contributed by atoms with Gasteiger partial charge in [-0.1, -0.05) is 0 Å². The van der Waals surface area contributed by atoms with E-state index >= 15 is 0 Å². The molecule has 1 fully saturated rings. The number of rotatable bonds is 3. The SMILES string of the molecule is COc1ccc2c(c1)CC(C(=O)NC1CC1)CO2. The predicted octanol–water partition coefficient (Wildman–Crippen LogP) is 1.52. The number of ether oxygens (including phenoxy) is 2. The molecule has 1 amide bonds. The van der Waals surface area contributed by atoms with Gasteiger partial charge in [-0.05, 0) is 43.0 Å². The highest BCUT2D eigenvalue weighted by atomic mass is 16.5. The zero-order valence-electron chi connectivity index (χ0n) is 10.4. The predicted molar refractivity (Wildman–Crippen MR) is 66.8 cm³/mol. The summed E-state index contributed by atoms with van der Waals surface area (Å²) in [5, 5.41) is 3.03. The zero-order valence-corrected chi connectivity index (χ0v) is 10.4. The first-order valence-electron chi connectivity index (χ1n) is 6.36. The van der Waals surface area contributed by atoms with Crippen LogP contribution in [0.15, 0.2) is 18.2 Å². The molecule has 1 aromatic carbocycles. The number of methoxy groups -OCH3 is 1. The Morgan fingerprint density at radius 2 is 2.28 bits per heavy atom. The van der Waals surface area contributed by atoms with Gasteiger partial charge in [0.15, 0.2) is 0 Å². The van der Waals surface area contributed by atoms with E-state index in [9.17, 15) is 4.79 Å². The fourth-order valence-electron chi connectivity index (χ4n) is 2.21. The van der Waals surface area contributed by atoms with Crippen molar-refractivity contribution in [3.05, 3.63) is 23.8 Å². The van der Waals surface area contributed by atoms with Crippen LogP contribution in [-0.4, -0.2) is 25.7 Å². The van der Waals surface area contributed by atoms with Gasteiger partial charge in [0.25, 0.3) is 0 Å². The van der Waals surface area contributed by atoms with Crippen molar-refractivity contribution in [2.24, 2.45) is 5.92 Å². The van der Waals surface area contributed by atoms with E-state index in [1.165, 1.54) is 0 Å². The molecule has 18 heavy (non-hydrogen) atoms. The Bertz CT molecular complexity index is 468. The van der Waals surface area contributed by atoms with Crippen molar-refractivity contribution in [3.63, 3.8) is 0 Å². The van der Waals surface area contributed by atoms with Crippen LogP contribution in [0.3, 0.4) is 0 Å². The van der Waals surface area contributed by atoms with Crippen molar-refractivity contribution in [2.75, 3.05) is 13.7 Å². The van der Waals surface area contributed by atoms with Gasteiger partial charge in [0, 0.05) is 6.04 Å². The zero-order chi connectivity index (χ0) is 12.5. The quantitative estimate of drug-likeness (QED) is 0.881. The summed E-state index contributed by atoms with van der Waals surface area (Å²) in [4.78, 5) is 12.0. The van der Waals surface area contributed by atoms with Crippen molar-refractivity contribution in [1.82, 2.24) is 5.32 Å². The van der Waals surface area contributed by atoms with Crippen LogP contribution in [0.2, 0.25) is 0 Å². The van der Waals surface area contributed by atoms with Crippen LogP contribution in [-0.2, 0) is 11.2 Å². The summed E-state index contributed by atoms with van der Waals surface area (Å²) in [6.45, 7) is 0.470. The third kappa shape index (κ3) is 2.28. The second-order valence-corrected chi connectivity index (χ2v) is 4.97. The van der Waals surface area contributed by atoms with Crippen LogP contribution < -0.4 is 14.8 Å². The van der Waals surface area contributed by atoms with E-state index < -0.39 is 0 Å². The topological polar surface area (TPSA) is 47.6 Å². The fraction of sp³-hybridized carbons (Fsp3) is 0.500. The molecule has 0 saturated heterocycles. The molecule has 1 atom stereocenters. The van der Waals surface area contributed by atoms with E-state index in [-0.39, 0.29) is 11.8 Å². The van der Waals surface area contributed by atoms with Crippen molar-refractivity contribution in [3.8, 4) is 11.5 Å². The second kappa shape index (κ2) is 4.52. The molecule has 3 rings (SSSR count). The molecule has 2 aliphatic rings. The third-order valence-corrected chi connectivity index (χ3v) is 3.47. The molecule has 1 unspecified atom stereocenters. The van der Waals surface area contributed by atoms with E-state index in [0.717, 1.165) is 36.3 Å². The molecule has 0 aromatic heterocycles. The highest BCUT2D eigenvalue weighted by molar-refractivity contribution is 5.80. The Kier molecular flexibility index (Phi) is 2.86. The van der Waals surface area contributed by atoms with Gasteiger partial charge in [-0.3, -0.25) is 4.79 Å². The van der Waals surface area contributed by atoms with Crippen molar-refractivity contribution in [1.29, 1.82) is 0 Å². The molecule has 96 valence electrons. The summed E-state index contributed by atoms with van der Waals surface area (Å²) in [6.07, 6.45) is 2.96. The first-order chi connectivity index (χ1) is 8.76. The maximum atomic E-state index is 12.0.